The van der Waals surface area contributed by atoms with Crippen molar-refractivity contribution in [3.05, 3.63) is 73.7 Å². The Kier molecular flexibility index (Phi) is 10.8. The van der Waals surface area contributed by atoms with Crippen LogP contribution in [0.3, 0.4) is 0 Å². The highest BCUT2D eigenvalue weighted by Gasteiger charge is 2.39. The highest BCUT2D eigenvalue weighted by molar-refractivity contribution is 9.11. The zero-order valence-corrected chi connectivity index (χ0v) is 22.9. The fraction of sp³-hybridized carbons (Fsp3) is 0.375. The number of allylic oxidation sites excluding steroid dienone is 1. The van der Waals surface area contributed by atoms with E-state index in [0.717, 1.165) is 24.3 Å². The number of carbonyl (C=O) groups is 1. The number of halogens is 11. The number of hydrogen-bond acceptors (Lipinski definition) is 2. The van der Waals surface area contributed by atoms with Gasteiger partial charge in [0.2, 0.25) is 0 Å². The molecule has 2 atom stereocenters. The van der Waals surface area contributed by atoms with E-state index in [1.807, 2.05) is 0 Å². The summed E-state index contributed by atoms with van der Waals surface area (Å²) in [6, 6.07) is 6.55. The summed E-state index contributed by atoms with van der Waals surface area (Å²) in [6.07, 6.45) is -12.9. The van der Waals surface area contributed by atoms with Gasteiger partial charge in [-0.2, -0.15) is 51.3 Å². The van der Waals surface area contributed by atoms with Crippen LogP contribution in [0.1, 0.15) is 46.3 Å². The lowest BCUT2D eigenvalue weighted by Crippen LogP contribution is -2.19. The van der Waals surface area contributed by atoms with Crippen molar-refractivity contribution in [1.29, 1.82) is 0 Å². The number of Topliss-reactive ketones (excluding diaryl/α,β-unsaturated/α-hetero) is 1. The number of carbonyl (C=O) groups excluding carboxylic acids is 1. The molecule has 1 nitrogen and oxygen atoms in total. The summed E-state index contributed by atoms with van der Waals surface area (Å²) in [5.41, 5.74) is -2.38. The number of hydrogen-bond donors (Lipinski definition) is 0. The van der Waals surface area contributed by atoms with Gasteiger partial charge in [-0.05, 0) is 47.1 Å². The van der Waals surface area contributed by atoms with Crippen molar-refractivity contribution in [3.63, 3.8) is 0 Å². The van der Waals surface area contributed by atoms with Crippen LogP contribution in [0, 0.1) is 5.92 Å². The number of alkyl halides is 9. The summed E-state index contributed by atoms with van der Waals surface area (Å²) in [4.78, 5) is 12.5. The minimum absolute atomic E-state index is 0.0853. The molecule has 0 N–H and O–H groups in total. The predicted octanol–water partition coefficient (Wildman–Crippen LogP) is 10.1. The first kappa shape index (κ1) is 31.7. The molecule has 0 heterocycles. The van der Waals surface area contributed by atoms with E-state index in [0.29, 0.717) is 26.8 Å². The van der Waals surface area contributed by atoms with E-state index in [4.69, 9.17) is 0 Å². The molecule has 0 aliphatic carbocycles. The quantitative estimate of drug-likeness (QED) is 0.193. The Bertz CT molecular complexity index is 1100. The Morgan fingerprint density at radius 2 is 1.54 bits per heavy atom. The molecule has 2 aromatic carbocycles. The Labute approximate surface area is 228 Å². The molecular formula is C24H19Br2F9OS. The monoisotopic (exact) mass is 684 g/mol. The lowest BCUT2D eigenvalue weighted by molar-refractivity contribution is -0.139. The third-order valence-electron chi connectivity index (χ3n) is 4.93. The molecule has 0 aliphatic heterocycles. The Balaban J connectivity index is 2.31. The molecule has 0 bridgehead atoms. The van der Waals surface area contributed by atoms with Crippen LogP contribution in [0.2, 0.25) is 0 Å². The van der Waals surface area contributed by atoms with Gasteiger partial charge in [0.25, 0.3) is 0 Å². The summed E-state index contributed by atoms with van der Waals surface area (Å²) >= 11 is 6.74. The standard InChI is InChI=1S/C24H19Br2F9OS/c1-13(11-37-12-22(27,28)29)6-21(36)18-4-2-14(7-20(18)24(33,34)35)3-5-19(23(30,31)32)15-8-16(25)10-17(26)9-15/h2-5,7-10,13,19H,6,11-12H2,1H3/b5-3+/t13-,19?/m0/s1. The van der Waals surface area contributed by atoms with E-state index in [9.17, 15) is 44.3 Å². The second kappa shape index (κ2) is 12.6. The molecule has 0 radical (unpaired) electrons. The molecular weight excluding hydrogens is 667 g/mol. The SMILES string of the molecule is C[C@H](CSCC(F)(F)F)CC(=O)c1ccc(/C=C/C(c2cc(Br)cc(Br)c2)C(F)(F)F)cc1C(F)(F)F. The van der Waals surface area contributed by atoms with Crippen LogP contribution in [0.15, 0.2) is 51.4 Å². The van der Waals surface area contributed by atoms with Crippen LogP contribution in [-0.4, -0.2) is 29.6 Å². The van der Waals surface area contributed by atoms with E-state index in [-0.39, 0.29) is 16.9 Å². The summed E-state index contributed by atoms with van der Waals surface area (Å²) in [7, 11) is 0. The zero-order valence-electron chi connectivity index (χ0n) is 18.9. The third kappa shape index (κ3) is 10.3. The minimum atomic E-state index is -4.98. The number of thioether (sulfide) groups is 1. The van der Waals surface area contributed by atoms with Crippen molar-refractivity contribution in [2.24, 2.45) is 5.92 Å². The van der Waals surface area contributed by atoms with Gasteiger partial charge in [0.05, 0.1) is 17.2 Å². The van der Waals surface area contributed by atoms with Crippen LogP contribution in [0.25, 0.3) is 6.08 Å². The van der Waals surface area contributed by atoms with Crippen LogP contribution in [0.5, 0.6) is 0 Å². The van der Waals surface area contributed by atoms with E-state index in [1.54, 1.807) is 0 Å². The van der Waals surface area contributed by atoms with E-state index in [2.05, 4.69) is 31.9 Å². The van der Waals surface area contributed by atoms with Gasteiger partial charge < -0.3 is 0 Å². The number of ketones is 1. The molecule has 0 saturated carbocycles. The van der Waals surface area contributed by atoms with Crippen molar-refractivity contribution in [1.82, 2.24) is 0 Å². The molecule has 0 aromatic heterocycles. The normalized spacial score (nSPS) is 14.7. The molecule has 2 rings (SSSR count). The van der Waals surface area contributed by atoms with Gasteiger partial charge in [-0.25, -0.2) is 0 Å². The number of rotatable bonds is 9. The van der Waals surface area contributed by atoms with Crippen LogP contribution in [-0.2, 0) is 6.18 Å². The molecule has 0 spiro atoms. The lowest BCUT2D eigenvalue weighted by atomic mass is 9.93. The summed E-state index contributed by atoms with van der Waals surface area (Å²) in [5.74, 6) is -4.90. The maximum Gasteiger partial charge on any atom is 0.417 e. The predicted molar refractivity (Wildman–Crippen MR) is 133 cm³/mol. The number of benzene rings is 2. The van der Waals surface area contributed by atoms with Gasteiger partial charge in [-0.3, -0.25) is 4.79 Å². The Morgan fingerprint density at radius 1 is 0.946 bits per heavy atom. The molecule has 37 heavy (non-hydrogen) atoms. The third-order valence-corrected chi connectivity index (χ3v) is 7.18. The molecule has 0 amide bonds. The fourth-order valence-corrected chi connectivity index (χ4v) is 5.57. The topological polar surface area (TPSA) is 17.1 Å². The van der Waals surface area contributed by atoms with Crippen molar-refractivity contribution < 1.29 is 44.3 Å². The highest BCUT2D eigenvalue weighted by Crippen LogP contribution is 2.39. The minimum Gasteiger partial charge on any atom is -0.294 e. The summed E-state index contributed by atoms with van der Waals surface area (Å²) in [5, 5.41) is 0. The van der Waals surface area contributed by atoms with Gasteiger partial charge >= 0.3 is 18.5 Å². The first-order chi connectivity index (χ1) is 16.9. The van der Waals surface area contributed by atoms with Gasteiger partial charge in [0, 0.05) is 20.9 Å². The summed E-state index contributed by atoms with van der Waals surface area (Å²) in [6.45, 7) is 1.45. The Morgan fingerprint density at radius 3 is 2.05 bits per heavy atom. The second-order valence-corrected chi connectivity index (χ2v) is 11.1. The largest absolute Gasteiger partial charge is 0.417 e. The van der Waals surface area contributed by atoms with Gasteiger partial charge in [0.15, 0.2) is 5.78 Å². The smallest absolute Gasteiger partial charge is 0.294 e. The average molecular weight is 686 g/mol. The highest BCUT2D eigenvalue weighted by atomic mass is 79.9. The lowest BCUT2D eigenvalue weighted by Gasteiger charge is -2.18. The first-order valence-corrected chi connectivity index (χ1v) is 13.2. The van der Waals surface area contributed by atoms with Crippen molar-refractivity contribution in [2.75, 3.05) is 11.5 Å². The van der Waals surface area contributed by atoms with E-state index >= 15 is 0 Å². The molecule has 2 aromatic rings. The zero-order chi connectivity index (χ0) is 28.2. The maximum atomic E-state index is 13.7. The fourth-order valence-electron chi connectivity index (χ4n) is 3.38. The molecule has 204 valence electrons. The van der Waals surface area contributed by atoms with E-state index < -0.39 is 59.4 Å². The van der Waals surface area contributed by atoms with Gasteiger partial charge in [-0.15, -0.1) is 0 Å². The molecule has 0 aliphatic rings. The van der Waals surface area contributed by atoms with Gasteiger partial charge in [-0.1, -0.05) is 63.1 Å². The van der Waals surface area contributed by atoms with Crippen LogP contribution >= 0.6 is 43.6 Å². The summed E-state index contributed by atoms with van der Waals surface area (Å²) < 4.78 is 120. The van der Waals surface area contributed by atoms with E-state index in [1.165, 1.54) is 25.1 Å². The molecule has 1 unspecified atom stereocenters. The van der Waals surface area contributed by atoms with Crippen LogP contribution < -0.4 is 0 Å². The second-order valence-electron chi connectivity index (χ2n) is 8.25. The average Bonchev–Trinajstić information content (AvgIpc) is 2.70. The van der Waals surface area contributed by atoms with Crippen molar-refractivity contribution >= 4 is 55.5 Å². The van der Waals surface area contributed by atoms with Gasteiger partial charge in [0.1, 0.15) is 0 Å². The molecule has 13 heteroatoms. The Hall–Kier alpha value is -1.47. The van der Waals surface area contributed by atoms with Crippen molar-refractivity contribution in [2.45, 2.75) is 37.8 Å². The van der Waals surface area contributed by atoms with Crippen molar-refractivity contribution in [3.8, 4) is 0 Å². The molecule has 0 saturated heterocycles. The molecule has 0 fully saturated rings. The first-order valence-electron chi connectivity index (χ1n) is 10.5. The maximum absolute atomic E-state index is 13.7. The van der Waals surface area contributed by atoms with Crippen LogP contribution in [0.4, 0.5) is 39.5 Å².